The molecule has 0 aliphatic carbocycles. The van der Waals surface area contributed by atoms with Crippen molar-refractivity contribution in [1.82, 2.24) is 5.32 Å². The zero-order chi connectivity index (χ0) is 15.0. The number of hydrogen-bond donors (Lipinski definition) is 1. The lowest BCUT2D eigenvalue weighted by Crippen LogP contribution is -2.14. The van der Waals surface area contributed by atoms with Crippen molar-refractivity contribution in [2.24, 2.45) is 0 Å². The Morgan fingerprint density at radius 2 is 2.10 bits per heavy atom. The molecule has 112 valence electrons. The molecule has 1 rings (SSSR count). The van der Waals surface area contributed by atoms with Gasteiger partial charge in [-0.3, -0.25) is 4.79 Å². The van der Waals surface area contributed by atoms with Gasteiger partial charge in [0, 0.05) is 24.1 Å². The largest absolute Gasteiger partial charge is 0.497 e. The van der Waals surface area contributed by atoms with Crippen molar-refractivity contribution in [1.29, 1.82) is 0 Å². The van der Waals surface area contributed by atoms with E-state index in [1.807, 2.05) is 25.2 Å². The second kappa shape index (κ2) is 8.43. The zero-order valence-corrected chi connectivity index (χ0v) is 12.6. The molecule has 0 bridgehead atoms. The van der Waals surface area contributed by atoms with Gasteiger partial charge in [-0.1, -0.05) is 6.07 Å². The van der Waals surface area contributed by atoms with Crippen LogP contribution in [0.25, 0.3) is 0 Å². The number of hydrogen-bond acceptors (Lipinski definition) is 5. The van der Waals surface area contributed by atoms with Crippen molar-refractivity contribution in [2.45, 2.75) is 25.8 Å². The second-order valence-corrected chi connectivity index (χ2v) is 4.44. The molecule has 0 fully saturated rings. The third kappa shape index (κ3) is 4.74. The molecule has 1 aromatic rings. The fraction of sp³-hybridized carbons (Fsp3) is 0.533. The molecule has 0 radical (unpaired) electrons. The van der Waals surface area contributed by atoms with E-state index in [9.17, 15) is 4.79 Å². The van der Waals surface area contributed by atoms with E-state index in [0.29, 0.717) is 19.4 Å². The number of benzene rings is 1. The third-order valence-corrected chi connectivity index (χ3v) is 3.13. The van der Waals surface area contributed by atoms with Gasteiger partial charge in [0.2, 0.25) is 0 Å². The Bertz CT molecular complexity index is 434. The summed E-state index contributed by atoms with van der Waals surface area (Å²) in [5.74, 6) is 1.30. The molecule has 0 aromatic heterocycles. The van der Waals surface area contributed by atoms with Gasteiger partial charge < -0.3 is 19.5 Å². The van der Waals surface area contributed by atoms with E-state index >= 15 is 0 Å². The van der Waals surface area contributed by atoms with Gasteiger partial charge in [0.1, 0.15) is 11.5 Å². The Morgan fingerprint density at radius 3 is 2.70 bits per heavy atom. The van der Waals surface area contributed by atoms with Gasteiger partial charge in [-0.15, -0.1) is 0 Å². The van der Waals surface area contributed by atoms with E-state index in [1.54, 1.807) is 7.11 Å². The molecule has 0 aliphatic heterocycles. The molecule has 5 nitrogen and oxygen atoms in total. The topological polar surface area (TPSA) is 56.8 Å². The highest BCUT2D eigenvalue weighted by Crippen LogP contribution is 2.29. The molecule has 0 saturated heterocycles. The molecule has 0 aliphatic rings. The van der Waals surface area contributed by atoms with Gasteiger partial charge in [0.15, 0.2) is 0 Å². The maximum Gasteiger partial charge on any atom is 0.305 e. The molecule has 1 unspecified atom stereocenters. The molecule has 1 aromatic carbocycles. The fourth-order valence-corrected chi connectivity index (χ4v) is 1.78. The van der Waals surface area contributed by atoms with E-state index in [-0.39, 0.29) is 12.0 Å². The lowest BCUT2D eigenvalue weighted by Gasteiger charge is -2.17. The van der Waals surface area contributed by atoms with Gasteiger partial charge in [-0.25, -0.2) is 0 Å². The average molecular weight is 281 g/mol. The molecule has 0 saturated carbocycles. The van der Waals surface area contributed by atoms with Crippen molar-refractivity contribution < 1.29 is 19.0 Å². The minimum absolute atomic E-state index is 0.177. The van der Waals surface area contributed by atoms with E-state index in [1.165, 1.54) is 7.11 Å². The van der Waals surface area contributed by atoms with Crippen molar-refractivity contribution >= 4 is 5.97 Å². The predicted octanol–water partition coefficient (Wildman–Crippen LogP) is 2.31. The number of nitrogens with one attached hydrogen (secondary N) is 1. The maximum atomic E-state index is 11.0. The van der Waals surface area contributed by atoms with E-state index in [0.717, 1.165) is 17.1 Å². The van der Waals surface area contributed by atoms with Gasteiger partial charge in [-0.05, 0) is 26.5 Å². The van der Waals surface area contributed by atoms with Crippen LogP contribution in [0.4, 0.5) is 0 Å². The molecule has 20 heavy (non-hydrogen) atoms. The van der Waals surface area contributed by atoms with Crippen LogP contribution in [-0.2, 0) is 9.53 Å². The Balaban J connectivity index is 2.67. The average Bonchev–Trinajstić information content (AvgIpc) is 2.50. The summed E-state index contributed by atoms with van der Waals surface area (Å²) in [6.07, 6.45) is 0.981. The summed E-state index contributed by atoms with van der Waals surface area (Å²) in [7, 11) is 4.91. The Morgan fingerprint density at radius 1 is 1.35 bits per heavy atom. The lowest BCUT2D eigenvalue weighted by atomic mass is 10.1. The third-order valence-electron chi connectivity index (χ3n) is 3.13. The molecule has 5 heteroatoms. The van der Waals surface area contributed by atoms with Crippen molar-refractivity contribution in [3.8, 4) is 11.5 Å². The van der Waals surface area contributed by atoms with Gasteiger partial charge in [0.05, 0.1) is 20.8 Å². The minimum Gasteiger partial charge on any atom is -0.497 e. The Labute approximate surface area is 120 Å². The van der Waals surface area contributed by atoms with Crippen LogP contribution in [-0.4, -0.2) is 33.8 Å². The van der Waals surface area contributed by atoms with Crippen LogP contribution in [0.3, 0.4) is 0 Å². The molecular formula is C15H23NO4. The molecule has 1 atom stereocenters. The van der Waals surface area contributed by atoms with E-state index < -0.39 is 0 Å². The monoisotopic (exact) mass is 281 g/mol. The van der Waals surface area contributed by atoms with E-state index in [2.05, 4.69) is 17.0 Å². The SMILES string of the molecule is CNC(C)c1ccc(OC)cc1OCCCC(=O)OC. The van der Waals surface area contributed by atoms with Crippen molar-refractivity contribution in [3.05, 3.63) is 23.8 Å². The molecular weight excluding hydrogens is 258 g/mol. The Kier molecular flexibility index (Phi) is 6.87. The summed E-state index contributed by atoms with van der Waals surface area (Å²) < 4.78 is 15.6. The molecule has 0 spiro atoms. The van der Waals surface area contributed by atoms with Crippen molar-refractivity contribution in [3.63, 3.8) is 0 Å². The summed E-state index contributed by atoms with van der Waals surface area (Å²) in [6, 6.07) is 5.93. The summed E-state index contributed by atoms with van der Waals surface area (Å²) >= 11 is 0. The van der Waals surface area contributed by atoms with Crippen LogP contribution >= 0.6 is 0 Å². The van der Waals surface area contributed by atoms with Crippen LogP contribution < -0.4 is 14.8 Å². The van der Waals surface area contributed by atoms with Crippen molar-refractivity contribution in [2.75, 3.05) is 27.9 Å². The smallest absolute Gasteiger partial charge is 0.305 e. The molecule has 0 heterocycles. The first-order valence-electron chi connectivity index (χ1n) is 6.67. The first-order chi connectivity index (χ1) is 9.62. The molecule has 0 amide bonds. The highest BCUT2D eigenvalue weighted by molar-refractivity contribution is 5.69. The highest BCUT2D eigenvalue weighted by atomic mass is 16.5. The first kappa shape index (κ1) is 16.3. The van der Waals surface area contributed by atoms with E-state index in [4.69, 9.17) is 9.47 Å². The summed E-state index contributed by atoms with van der Waals surface area (Å²) in [5, 5.41) is 3.18. The number of rotatable bonds is 8. The summed E-state index contributed by atoms with van der Waals surface area (Å²) in [6.45, 7) is 2.52. The molecule has 1 N–H and O–H groups in total. The van der Waals surface area contributed by atoms with Crippen LogP contribution in [0, 0.1) is 0 Å². The normalized spacial score (nSPS) is 11.8. The lowest BCUT2D eigenvalue weighted by molar-refractivity contribution is -0.140. The quantitative estimate of drug-likeness (QED) is 0.585. The Hall–Kier alpha value is -1.75. The number of methoxy groups -OCH3 is 2. The van der Waals surface area contributed by atoms with Crippen LogP contribution in [0.1, 0.15) is 31.4 Å². The zero-order valence-electron chi connectivity index (χ0n) is 12.6. The second-order valence-electron chi connectivity index (χ2n) is 4.44. The van der Waals surface area contributed by atoms with Crippen LogP contribution in [0.2, 0.25) is 0 Å². The van der Waals surface area contributed by atoms with Crippen LogP contribution in [0.5, 0.6) is 11.5 Å². The number of carbonyl (C=O) groups is 1. The minimum atomic E-state index is -0.219. The van der Waals surface area contributed by atoms with Gasteiger partial charge >= 0.3 is 5.97 Å². The maximum absolute atomic E-state index is 11.0. The number of esters is 1. The summed E-state index contributed by atoms with van der Waals surface area (Å²) in [4.78, 5) is 11.0. The first-order valence-corrected chi connectivity index (χ1v) is 6.67. The fourth-order valence-electron chi connectivity index (χ4n) is 1.78. The highest BCUT2D eigenvalue weighted by Gasteiger charge is 2.11. The summed E-state index contributed by atoms with van der Waals surface area (Å²) in [5.41, 5.74) is 1.06. The number of carbonyl (C=O) groups excluding carboxylic acids is 1. The number of ether oxygens (including phenoxy) is 3. The van der Waals surface area contributed by atoms with Gasteiger partial charge in [0.25, 0.3) is 0 Å². The standard InChI is InChI=1S/C15H23NO4/c1-11(16-2)13-8-7-12(18-3)10-14(13)20-9-5-6-15(17)19-4/h7-8,10-11,16H,5-6,9H2,1-4H3. The predicted molar refractivity (Wildman–Crippen MR) is 77.2 cm³/mol. The van der Waals surface area contributed by atoms with Crippen LogP contribution in [0.15, 0.2) is 18.2 Å². The van der Waals surface area contributed by atoms with Gasteiger partial charge in [-0.2, -0.15) is 0 Å².